The molecule has 0 saturated carbocycles. The Morgan fingerprint density at radius 3 is 2.07 bits per heavy atom. The molecule has 0 saturated heterocycles. The SMILES string of the molecule is Nc1nc(-c2ccccc2-c2ccccc2)c2nc(-c3ccc(F)cc3)ccc2n1. The highest BCUT2D eigenvalue weighted by molar-refractivity contribution is 5.96. The normalized spacial score (nSPS) is 11.0. The topological polar surface area (TPSA) is 64.7 Å². The van der Waals surface area contributed by atoms with Crippen LogP contribution in [0.1, 0.15) is 0 Å². The molecule has 0 unspecified atom stereocenters. The van der Waals surface area contributed by atoms with Crippen molar-refractivity contribution in [3.63, 3.8) is 0 Å². The van der Waals surface area contributed by atoms with Gasteiger partial charge in [0.05, 0.1) is 11.2 Å². The molecule has 30 heavy (non-hydrogen) atoms. The van der Waals surface area contributed by atoms with Crippen molar-refractivity contribution in [3.8, 4) is 33.6 Å². The predicted molar refractivity (Wildman–Crippen MR) is 118 cm³/mol. The average Bonchev–Trinajstić information content (AvgIpc) is 2.79. The fourth-order valence-corrected chi connectivity index (χ4v) is 3.56. The molecule has 2 heterocycles. The molecule has 0 radical (unpaired) electrons. The Hall–Kier alpha value is -4.12. The lowest BCUT2D eigenvalue weighted by Crippen LogP contribution is -2.01. The summed E-state index contributed by atoms with van der Waals surface area (Å²) in [5.41, 5.74) is 12.6. The first-order chi connectivity index (χ1) is 14.7. The van der Waals surface area contributed by atoms with Gasteiger partial charge in [0.1, 0.15) is 17.0 Å². The van der Waals surface area contributed by atoms with Crippen LogP contribution >= 0.6 is 0 Å². The van der Waals surface area contributed by atoms with Crippen LogP contribution in [0.25, 0.3) is 44.7 Å². The molecule has 2 aromatic heterocycles. The van der Waals surface area contributed by atoms with Crippen LogP contribution in [-0.2, 0) is 0 Å². The summed E-state index contributed by atoms with van der Waals surface area (Å²) >= 11 is 0. The zero-order valence-electron chi connectivity index (χ0n) is 16.0. The smallest absolute Gasteiger partial charge is 0.221 e. The highest BCUT2D eigenvalue weighted by atomic mass is 19.1. The molecule has 0 aliphatic carbocycles. The van der Waals surface area contributed by atoms with Crippen molar-refractivity contribution in [2.75, 3.05) is 5.73 Å². The molecule has 3 aromatic carbocycles. The predicted octanol–water partition coefficient (Wildman–Crippen LogP) is 5.75. The van der Waals surface area contributed by atoms with Crippen LogP contribution in [0.3, 0.4) is 0 Å². The van der Waals surface area contributed by atoms with Gasteiger partial charge >= 0.3 is 0 Å². The molecule has 0 fully saturated rings. The molecule has 2 N–H and O–H groups in total. The number of anilines is 1. The number of rotatable bonds is 3. The van der Waals surface area contributed by atoms with Gasteiger partial charge in [-0.05, 0) is 47.5 Å². The number of pyridine rings is 1. The molecule has 5 rings (SSSR count). The summed E-state index contributed by atoms with van der Waals surface area (Å²) in [6, 6.07) is 28.1. The monoisotopic (exact) mass is 392 g/mol. The van der Waals surface area contributed by atoms with E-state index in [1.165, 1.54) is 12.1 Å². The number of nitrogens with two attached hydrogens (primary N) is 1. The lowest BCUT2D eigenvalue weighted by molar-refractivity contribution is 0.628. The zero-order valence-corrected chi connectivity index (χ0v) is 16.0. The molecule has 144 valence electrons. The average molecular weight is 392 g/mol. The van der Waals surface area contributed by atoms with E-state index in [0.29, 0.717) is 22.4 Å². The van der Waals surface area contributed by atoms with Gasteiger partial charge in [-0.2, -0.15) is 0 Å². The van der Waals surface area contributed by atoms with E-state index >= 15 is 0 Å². The van der Waals surface area contributed by atoms with E-state index in [-0.39, 0.29) is 11.8 Å². The summed E-state index contributed by atoms with van der Waals surface area (Å²) in [6.45, 7) is 0. The number of benzene rings is 3. The van der Waals surface area contributed by atoms with Gasteiger partial charge in [-0.25, -0.2) is 19.3 Å². The first-order valence-electron chi connectivity index (χ1n) is 9.54. The number of hydrogen-bond acceptors (Lipinski definition) is 4. The first-order valence-corrected chi connectivity index (χ1v) is 9.54. The lowest BCUT2D eigenvalue weighted by atomic mass is 9.96. The van der Waals surface area contributed by atoms with Gasteiger partial charge in [-0.3, -0.25) is 0 Å². The third kappa shape index (κ3) is 3.26. The van der Waals surface area contributed by atoms with Gasteiger partial charge in [-0.15, -0.1) is 0 Å². The van der Waals surface area contributed by atoms with Crippen molar-refractivity contribution >= 4 is 17.0 Å². The summed E-state index contributed by atoms with van der Waals surface area (Å²) in [6.07, 6.45) is 0. The molecule has 0 spiro atoms. The quantitative estimate of drug-likeness (QED) is 0.425. The van der Waals surface area contributed by atoms with E-state index in [2.05, 4.69) is 28.2 Å². The van der Waals surface area contributed by atoms with Crippen LogP contribution in [0.2, 0.25) is 0 Å². The summed E-state index contributed by atoms with van der Waals surface area (Å²) < 4.78 is 13.3. The molecule has 4 nitrogen and oxygen atoms in total. The van der Waals surface area contributed by atoms with Crippen molar-refractivity contribution in [1.82, 2.24) is 15.0 Å². The maximum Gasteiger partial charge on any atom is 0.221 e. The maximum absolute atomic E-state index is 13.3. The van der Waals surface area contributed by atoms with E-state index in [4.69, 9.17) is 10.7 Å². The summed E-state index contributed by atoms with van der Waals surface area (Å²) in [4.78, 5) is 13.7. The zero-order chi connectivity index (χ0) is 20.5. The largest absolute Gasteiger partial charge is 0.368 e. The number of hydrogen-bond donors (Lipinski definition) is 1. The third-order valence-corrected chi connectivity index (χ3v) is 4.97. The minimum Gasteiger partial charge on any atom is -0.368 e. The number of nitrogen functional groups attached to an aromatic ring is 1. The standard InChI is InChI=1S/C25H17FN4/c26-18-12-10-17(11-13-18)21-14-15-22-24(28-21)23(30-25(27)29-22)20-9-5-4-8-19(20)16-6-2-1-3-7-16/h1-15H,(H2,27,29,30). The van der Waals surface area contributed by atoms with Crippen LogP contribution in [0.15, 0.2) is 91.0 Å². The second-order valence-electron chi connectivity index (χ2n) is 6.91. The van der Waals surface area contributed by atoms with E-state index in [1.54, 1.807) is 12.1 Å². The van der Waals surface area contributed by atoms with Gasteiger partial charge in [0, 0.05) is 11.1 Å². The van der Waals surface area contributed by atoms with E-state index in [0.717, 1.165) is 22.3 Å². The van der Waals surface area contributed by atoms with Crippen LogP contribution in [-0.4, -0.2) is 15.0 Å². The number of aromatic nitrogens is 3. The van der Waals surface area contributed by atoms with Crippen molar-refractivity contribution in [2.45, 2.75) is 0 Å². The van der Waals surface area contributed by atoms with Gasteiger partial charge in [0.15, 0.2) is 0 Å². The Labute approximate surface area is 172 Å². The third-order valence-electron chi connectivity index (χ3n) is 4.97. The van der Waals surface area contributed by atoms with Gasteiger partial charge in [0.25, 0.3) is 0 Å². The van der Waals surface area contributed by atoms with Crippen LogP contribution in [0.4, 0.5) is 10.3 Å². The Morgan fingerprint density at radius 1 is 0.600 bits per heavy atom. The first kappa shape index (κ1) is 17.9. The van der Waals surface area contributed by atoms with E-state index in [1.807, 2.05) is 48.5 Å². The molecule has 0 aliphatic heterocycles. The van der Waals surface area contributed by atoms with Crippen molar-refractivity contribution in [3.05, 3.63) is 96.8 Å². The summed E-state index contributed by atoms with van der Waals surface area (Å²) in [5.74, 6) is -0.0928. The van der Waals surface area contributed by atoms with Gasteiger partial charge in [-0.1, -0.05) is 54.6 Å². The summed E-state index contributed by atoms with van der Waals surface area (Å²) in [7, 11) is 0. The minimum atomic E-state index is -0.284. The molecule has 5 aromatic rings. The lowest BCUT2D eigenvalue weighted by Gasteiger charge is -2.12. The second-order valence-corrected chi connectivity index (χ2v) is 6.91. The Kier molecular flexibility index (Phi) is 4.41. The van der Waals surface area contributed by atoms with Crippen molar-refractivity contribution < 1.29 is 4.39 Å². The fraction of sp³-hybridized carbons (Fsp3) is 0. The maximum atomic E-state index is 13.3. The second kappa shape index (κ2) is 7.37. The van der Waals surface area contributed by atoms with Crippen molar-refractivity contribution in [2.24, 2.45) is 0 Å². The Bertz CT molecular complexity index is 1350. The van der Waals surface area contributed by atoms with Crippen LogP contribution in [0, 0.1) is 5.82 Å². The molecule has 0 amide bonds. The number of nitrogens with zero attached hydrogens (tertiary/aromatic N) is 3. The number of fused-ring (bicyclic) bond motifs is 1. The van der Waals surface area contributed by atoms with Gasteiger partial charge < -0.3 is 5.73 Å². The van der Waals surface area contributed by atoms with Gasteiger partial charge in [0.2, 0.25) is 5.95 Å². The molecule has 5 heteroatoms. The molecule has 0 aliphatic rings. The summed E-state index contributed by atoms with van der Waals surface area (Å²) in [5, 5.41) is 0. The Balaban J connectivity index is 1.76. The highest BCUT2D eigenvalue weighted by Crippen LogP contribution is 2.35. The molecular weight excluding hydrogens is 375 g/mol. The van der Waals surface area contributed by atoms with Crippen molar-refractivity contribution in [1.29, 1.82) is 0 Å². The fourth-order valence-electron chi connectivity index (χ4n) is 3.56. The van der Waals surface area contributed by atoms with E-state index < -0.39 is 0 Å². The molecular formula is C25H17FN4. The number of halogens is 1. The Morgan fingerprint density at radius 2 is 1.30 bits per heavy atom. The van der Waals surface area contributed by atoms with E-state index in [9.17, 15) is 4.39 Å². The minimum absolute atomic E-state index is 0.191. The highest BCUT2D eigenvalue weighted by Gasteiger charge is 2.15. The van der Waals surface area contributed by atoms with Crippen LogP contribution in [0.5, 0.6) is 0 Å². The molecule has 0 atom stereocenters. The van der Waals surface area contributed by atoms with Crippen LogP contribution < -0.4 is 5.73 Å². The molecule has 0 bridgehead atoms.